The lowest BCUT2D eigenvalue weighted by Crippen LogP contribution is -2.31. The summed E-state index contributed by atoms with van der Waals surface area (Å²) in [7, 11) is -3.01. The Morgan fingerprint density at radius 3 is 2.83 bits per heavy atom. The molecule has 6 heteroatoms. The molecule has 1 heterocycles. The van der Waals surface area contributed by atoms with Crippen LogP contribution in [-0.2, 0) is 9.84 Å². The number of rotatable bonds is 1. The molecular weight excluding hydrogens is 338 g/mol. The molecular formula is C12H15BrClNO2S. The molecule has 1 fully saturated rings. The van der Waals surface area contributed by atoms with E-state index in [9.17, 15) is 8.42 Å². The molecule has 2 atom stereocenters. The number of benzene rings is 1. The number of sulfone groups is 1. The summed E-state index contributed by atoms with van der Waals surface area (Å²) in [5.74, 6) is 0.352. The fraction of sp³-hybridized carbons (Fsp3) is 0.500. The van der Waals surface area contributed by atoms with Gasteiger partial charge in [-0.25, -0.2) is 8.42 Å². The largest absolute Gasteiger partial charge is 0.306 e. The summed E-state index contributed by atoms with van der Waals surface area (Å²) in [5.41, 5.74) is 0.845. The minimum atomic E-state index is -3.01. The average molecular weight is 353 g/mol. The van der Waals surface area contributed by atoms with Crippen LogP contribution in [0.15, 0.2) is 22.7 Å². The van der Waals surface area contributed by atoms with Crippen molar-refractivity contribution in [2.75, 3.05) is 11.5 Å². The summed E-state index contributed by atoms with van der Waals surface area (Å²) < 4.78 is 24.7. The topological polar surface area (TPSA) is 46.2 Å². The Bertz CT molecular complexity index is 547. The van der Waals surface area contributed by atoms with Crippen molar-refractivity contribution in [1.82, 2.24) is 5.32 Å². The molecule has 1 N–H and O–H groups in total. The molecule has 1 aliphatic rings. The molecule has 0 spiro atoms. The predicted octanol–water partition coefficient (Wildman–Crippen LogP) is 2.94. The lowest BCUT2D eigenvalue weighted by atomic mass is 10.1. The van der Waals surface area contributed by atoms with Crippen molar-refractivity contribution in [3.63, 3.8) is 0 Å². The zero-order chi connectivity index (χ0) is 13.3. The van der Waals surface area contributed by atoms with E-state index in [4.69, 9.17) is 11.6 Å². The van der Waals surface area contributed by atoms with Crippen LogP contribution in [0.2, 0.25) is 5.02 Å². The first-order valence-electron chi connectivity index (χ1n) is 5.79. The molecule has 18 heavy (non-hydrogen) atoms. The highest BCUT2D eigenvalue weighted by Crippen LogP contribution is 2.29. The van der Waals surface area contributed by atoms with Crippen molar-refractivity contribution in [1.29, 1.82) is 0 Å². The van der Waals surface area contributed by atoms with E-state index in [-0.39, 0.29) is 23.6 Å². The highest BCUT2D eigenvalue weighted by molar-refractivity contribution is 9.10. The molecule has 2 unspecified atom stereocenters. The van der Waals surface area contributed by atoms with Crippen LogP contribution in [-0.4, -0.2) is 26.0 Å². The lowest BCUT2D eigenvalue weighted by Gasteiger charge is -2.20. The van der Waals surface area contributed by atoms with Gasteiger partial charge in [0.1, 0.15) is 0 Å². The van der Waals surface area contributed by atoms with Gasteiger partial charge in [-0.1, -0.05) is 33.6 Å². The summed E-state index contributed by atoms with van der Waals surface area (Å²) in [5, 5.41) is 3.92. The molecule has 100 valence electrons. The normalized spacial score (nSPS) is 27.7. The summed E-state index contributed by atoms with van der Waals surface area (Å²) in [4.78, 5) is 0. The van der Waals surface area contributed by atoms with E-state index in [0.29, 0.717) is 11.4 Å². The molecule has 0 aromatic heterocycles. The highest BCUT2D eigenvalue weighted by Gasteiger charge is 2.27. The van der Waals surface area contributed by atoms with E-state index in [1.165, 1.54) is 0 Å². The number of halogens is 2. The molecule has 3 nitrogen and oxygen atoms in total. The maximum atomic E-state index is 11.9. The molecule has 2 rings (SSSR count). The zero-order valence-electron chi connectivity index (χ0n) is 9.99. The zero-order valence-corrected chi connectivity index (χ0v) is 13.1. The van der Waals surface area contributed by atoms with Crippen molar-refractivity contribution in [3.05, 3.63) is 33.3 Å². The fourth-order valence-electron chi connectivity index (χ4n) is 2.13. The Hall–Kier alpha value is -0.100. The van der Waals surface area contributed by atoms with Gasteiger partial charge in [-0.05, 0) is 31.0 Å². The molecule has 0 saturated carbocycles. The highest BCUT2D eigenvalue weighted by atomic mass is 79.9. The van der Waals surface area contributed by atoms with Gasteiger partial charge in [-0.2, -0.15) is 0 Å². The third kappa shape index (κ3) is 3.47. The van der Waals surface area contributed by atoms with Gasteiger partial charge in [0.05, 0.1) is 11.5 Å². The Kier molecular flexibility index (Phi) is 4.36. The second kappa shape index (κ2) is 5.49. The SMILES string of the molecule is CC1CCS(=O)(=O)CC(c2ccc(Br)cc2Cl)N1. The van der Waals surface area contributed by atoms with E-state index < -0.39 is 9.84 Å². The molecule has 1 saturated heterocycles. The van der Waals surface area contributed by atoms with Gasteiger partial charge in [-0.3, -0.25) is 0 Å². The molecule has 0 bridgehead atoms. The van der Waals surface area contributed by atoms with Crippen molar-refractivity contribution in [2.24, 2.45) is 0 Å². The van der Waals surface area contributed by atoms with Gasteiger partial charge in [0, 0.05) is 21.6 Å². The van der Waals surface area contributed by atoms with Crippen molar-refractivity contribution >= 4 is 37.4 Å². The van der Waals surface area contributed by atoms with Gasteiger partial charge in [-0.15, -0.1) is 0 Å². The lowest BCUT2D eigenvalue weighted by molar-refractivity contribution is 0.484. The van der Waals surface area contributed by atoms with E-state index in [2.05, 4.69) is 21.2 Å². The monoisotopic (exact) mass is 351 g/mol. The van der Waals surface area contributed by atoms with Crippen LogP contribution in [0.4, 0.5) is 0 Å². The minimum absolute atomic E-state index is 0.110. The molecule has 0 amide bonds. The third-order valence-electron chi connectivity index (χ3n) is 3.11. The quantitative estimate of drug-likeness (QED) is 0.845. The van der Waals surface area contributed by atoms with Crippen LogP contribution in [0.1, 0.15) is 24.9 Å². The van der Waals surface area contributed by atoms with Crippen molar-refractivity contribution in [3.8, 4) is 0 Å². The van der Waals surface area contributed by atoms with Gasteiger partial charge in [0.2, 0.25) is 0 Å². The van der Waals surface area contributed by atoms with Crippen LogP contribution in [0, 0.1) is 0 Å². The second-order valence-corrected chi connectivity index (χ2v) is 8.24. The van der Waals surface area contributed by atoms with E-state index in [1.54, 1.807) is 6.07 Å². The first-order valence-corrected chi connectivity index (χ1v) is 8.78. The summed E-state index contributed by atoms with van der Waals surface area (Å²) >= 11 is 9.54. The van der Waals surface area contributed by atoms with Crippen molar-refractivity contribution in [2.45, 2.75) is 25.4 Å². The standard InChI is InChI=1S/C12H15BrClNO2S/c1-8-4-5-18(16,17)7-12(15-8)10-3-2-9(13)6-11(10)14/h2-3,6,8,12,15H,4-5,7H2,1H3. The maximum Gasteiger partial charge on any atom is 0.152 e. The van der Waals surface area contributed by atoms with E-state index in [1.807, 2.05) is 19.1 Å². The molecule has 1 aromatic carbocycles. The number of hydrogen-bond acceptors (Lipinski definition) is 3. The van der Waals surface area contributed by atoms with E-state index in [0.717, 1.165) is 10.0 Å². The molecule has 1 aromatic rings. The summed E-state index contributed by atoms with van der Waals surface area (Å²) in [6, 6.07) is 5.49. The average Bonchev–Trinajstić information content (AvgIpc) is 2.37. The Morgan fingerprint density at radius 2 is 2.17 bits per heavy atom. The first kappa shape index (κ1) is 14.3. The van der Waals surface area contributed by atoms with Crippen LogP contribution >= 0.6 is 27.5 Å². The van der Waals surface area contributed by atoms with Crippen LogP contribution in [0.25, 0.3) is 0 Å². The Balaban J connectivity index is 2.35. The molecule has 0 aliphatic carbocycles. The number of hydrogen-bond donors (Lipinski definition) is 1. The summed E-state index contributed by atoms with van der Waals surface area (Å²) in [6.07, 6.45) is 0.646. The van der Waals surface area contributed by atoms with E-state index >= 15 is 0 Å². The third-order valence-corrected chi connectivity index (χ3v) is 5.63. The Labute approximate surface area is 121 Å². The minimum Gasteiger partial charge on any atom is -0.306 e. The summed E-state index contributed by atoms with van der Waals surface area (Å²) in [6.45, 7) is 2.00. The van der Waals surface area contributed by atoms with Gasteiger partial charge in [0.25, 0.3) is 0 Å². The van der Waals surface area contributed by atoms with Gasteiger partial charge in [0.15, 0.2) is 9.84 Å². The first-order chi connectivity index (χ1) is 8.37. The smallest absolute Gasteiger partial charge is 0.152 e. The predicted molar refractivity (Wildman–Crippen MR) is 77.8 cm³/mol. The van der Waals surface area contributed by atoms with Crippen molar-refractivity contribution < 1.29 is 8.42 Å². The van der Waals surface area contributed by atoms with Crippen LogP contribution in [0.3, 0.4) is 0 Å². The fourth-order valence-corrected chi connectivity index (χ4v) is 4.60. The number of nitrogens with one attached hydrogen (secondary N) is 1. The van der Waals surface area contributed by atoms with Crippen LogP contribution < -0.4 is 5.32 Å². The Morgan fingerprint density at radius 1 is 1.44 bits per heavy atom. The maximum absolute atomic E-state index is 11.9. The van der Waals surface area contributed by atoms with Gasteiger partial charge < -0.3 is 5.32 Å². The molecule has 0 radical (unpaired) electrons. The molecule has 1 aliphatic heterocycles. The second-order valence-electron chi connectivity index (χ2n) is 4.69. The van der Waals surface area contributed by atoms with Crippen LogP contribution in [0.5, 0.6) is 0 Å². The van der Waals surface area contributed by atoms with Gasteiger partial charge >= 0.3 is 0 Å².